The van der Waals surface area contributed by atoms with E-state index in [0.29, 0.717) is 0 Å². The molecule has 2 atom stereocenters. The fourth-order valence-corrected chi connectivity index (χ4v) is 2.67. The number of ether oxygens (including phenoxy) is 1. The van der Waals surface area contributed by atoms with E-state index in [2.05, 4.69) is 28.6 Å². The van der Waals surface area contributed by atoms with Crippen molar-refractivity contribution >= 4 is 6.09 Å². The number of alkyl carbamates (subject to hydrolysis) is 1. The molecule has 1 aromatic heterocycles. The molecule has 22 heavy (non-hydrogen) atoms. The maximum atomic E-state index is 11.8. The van der Waals surface area contributed by atoms with Crippen LogP contribution in [0.3, 0.4) is 0 Å². The van der Waals surface area contributed by atoms with Crippen LogP contribution in [0.25, 0.3) is 0 Å². The van der Waals surface area contributed by atoms with Gasteiger partial charge in [-0.05, 0) is 51.7 Å². The standard InChI is InChI=1S/C17H27N3O2/c1-5-13(20-16(21)22-17(2,3)4)11-19-14-9-8-12-7-6-10-18-15(12)14/h6-7,10,13-14,19H,5,8-9,11H2,1-4H3,(H,20,21). The van der Waals surface area contributed by atoms with Gasteiger partial charge >= 0.3 is 6.09 Å². The Balaban J connectivity index is 1.83. The predicted molar refractivity (Wildman–Crippen MR) is 86.8 cm³/mol. The van der Waals surface area contributed by atoms with E-state index in [1.165, 1.54) is 5.56 Å². The second kappa shape index (κ2) is 7.09. The third-order valence-corrected chi connectivity index (χ3v) is 3.78. The zero-order valence-corrected chi connectivity index (χ0v) is 14.0. The third-order valence-electron chi connectivity index (χ3n) is 3.78. The molecule has 1 aliphatic rings. The first kappa shape index (κ1) is 16.7. The first-order chi connectivity index (χ1) is 10.4. The van der Waals surface area contributed by atoms with Gasteiger partial charge in [-0.3, -0.25) is 4.98 Å². The Morgan fingerprint density at radius 1 is 1.50 bits per heavy atom. The maximum Gasteiger partial charge on any atom is 0.407 e. The van der Waals surface area contributed by atoms with E-state index < -0.39 is 5.60 Å². The average Bonchev–Trinajstić information content (AvgIpc) is 2.84. The van der Waals surface area contributed by atoms with Crippen molar-refractivity contribution in [3.63, 3.8) is 0 Å². The average molecular weight is 305 g/mol. The number of nitrogens with one attached hydrogen (secondary N) is 2. The van der Waals surface area contributed by atoms with E-state index in [9.17, 15) is 4.79 Å². The van der Waals surface area contributed by atoms with Crippen LogP contribution in [0.2, 0.25) is 0 Å². The van der Waals surface area contributed by atoms with Gasteiger partial charge in [-0.2, -0.15) is 0 Å². The van der Waals surface area contributed by atoms with Gasteiger partial charge in [0.15, 0.2) is 0 Å². The molecular weight excluding hydrogens is 278 g/mol. The quantitative estimate of drug-likeness (QED) is 0.878. The molecule has 0 saturated heterocycles. The Morgan fingerprint density at radius 3 is 2.95 bits per heavy atom. The lowest BCUT2D eigenvalue weighted by Crippen LogP contribution is -2.44. The number of hydrogen-bond acceptors (Lipinski definition) is 4. The number of hydrogen-bond donors (Lipinski definition) is 2. The number of fused-ring (bicyclic) bond motifs is 1. The molecule has 0 aliphatic heterocycles. The molecule has 2 rings (SSSR count). The molecule has 122 valence electrons. The lowest BCUT2D eigenvalue weighted by molar-refractivity contribution is 0.0502. The number of aryl methyl sites for hydroxylation is 1. The van der Waals surface area contributed by atoms with Crippen molar-refractivity contribution < 1.29 is 9.53 Å². The van der Waals surface area contributed by atoms with Gasteiger partial charge in [0.25, 0.3) is 0 Å². The van der Waals surface area contributed by atoms with Crippen LogP contribution < -0.4 is 10.6 Å². The van der Waals surface area contributed by atoms with Crippen LogP contribution in [0.1, 0.15) is 57.8 Å². The Kier molecular flexibility index (Phi) is 5.40. The predicted octanol–water partition coefficient (Wildman–Crippen LogP) is 2.96. The van der Waals surface area contributed by atoms with Crippen molar-refractivity contribution in [3.8, 4) is 0 Å². The van der Waals surface area contributed by atoms with Crippen molar-refractivity contribution in [1.82, 2.24) is 15.6 Å². The fourth-order valence-electron chi connectivity index (χ4n) is 2.67. The maximum absolute atomic E-state index is 11.8. The summed E-state index contributed by atoms with van der Waals surface area (Å²) in [6.45, 7) is 8.38. The summed E-state index contributed by atoms with van der Waals surface area (Å²) < 4.78 is 5.31. The molecule has 0 spiro atoms. The molecule has 0 saturated carbocycles. The number of carbonyl (C=O) groups excluding carboxylic acids is 1. The topological polar surface area (TPSA) is 63.2 Å². The van der Waals surface area contributed by atoms with Crippen LogP contribution in [0, 0.1) is 0 Å². The molecule has 0 fully saturated rings. The minimum Gasteiger partial charge on any atom is -0.444 e. The highest BCUT2D eigenvalue weighted by Gasteiger charge is 2.24. The second-order valence-electron chi connectivity index (χ2n) is 6.80. The van der Waals surface area contributed by atoms with E-state index in [1.54, 1.807) is 0 Å². The monoisotopic (exact) mass is 305 g/mol. The van der Waals surface area contributed by atoms with Crippen LogP contribution in [0.15, 0.2) is 18.3 Å². The summed E-state index contributed by atoms with van der Waals surface area (Å²) in [5, 5.41) is 6.45. The molecule has 2 unspecified atom stereocenters. The number of amides is 1. The van der Waals surface area contributed by atoms with Crippen LogP contribution in [0.5, 0.6) is 0 Å². The molecule has 0 radical (unpaired) electrons. The van der Waals surface area contributed by atoms with Crippen molar-refractivity contribution in [2.75, 3.05) is 6.54 Å². The van der Waals surface area contributed by atoms with Crippen molar-refractivity contribution in [2.24, 2.45) is 0 Å². The molecule has 5 heteroatoms. The molecule has 1 aliphatic carbocycles. The van der Waals surface area contributed by atoms with Crippen LogP contribution >= 0.6 is 0 Å². The van der Waals surface area contributed by atoms with Crippen LogP contribution in [-0.2, 0) is 11.2 Å². The minimum absolute atomic E-state index is 0.0580. The second-order valence-corrected chi connectivity index (χ2v) is 6.80. The zero-order valence-electron chi connectivity index (χ0n) is 14.0. The Labute approximate surface area is 132 Å². The zero-order chi connectivity index (χ0) is 16.2. The van der Waals surface area contributed by atoms with Gasteiger partial charge in [0, 0.05) is 18.8 Å². The molecule has 5 nitrogen and oxygen atoms in total. The van der Waals surface area contributed by atoms with Crippen LogP contribution in [-0.4, -0.2) is 29.3 Å². The summed E-state index contributed by atoms with van der Waals surface area (Å²) in [5.41, 5.74) is 2.01. The highest BCUT2D eigenvalue weighted by atomic mass is 16.6. The molecule has 1 amide bonds. The third kappa shape index (κ3) is 4.70. The highest BCUT2D eigenvalue weighted by Crippen LogP contribution is 2.28. The number of rotatable bonds is 5. The highest BCUT2D eigenvalue weighted by molar-refractivity contribution is 5.68. The largest absolute Gasteiger partial charge is 0.444 e. The summed E-state index contributed by atoms with van der Waals surface area (Å²) >= 11 is 0. The lowest BCUT2D eigenvalue weighted by Gasteiger charge is -2.24. The Morgan fingerprint density at radius 2 is 2.27 bits per heavy atom. The van der Waals surface area contributed by atoms with E-state index in [-0.39, 0.29) is 18.2 Å². The number of pyridine rings is 1. The van der Waals surface area contributed by atoms with Gasteiger partial charge in [0.05, 0.1) is 11.7 Å². The van der Waals surface area contributed by atoms with Gasteiger partial charge < -0.3 is 15.4 Å². The molecule has 0 bridgehead atoms. The minimum atomic E-state index is -0.468. The SMILES string of the molecule is CCC(CNC1CCc2cccnc21)NC(=O)OC(C)(C)C. The molecule has 1 aromatic rings. The van der Waals surface area contributed by atoms with Gasteiger partial charge in [-0.15, -0.1) is 0 Å². The first-order valence-corrected chi connectivity index (χ1v) is 8.05. The Hall–Kier alpha value is -1.62. The van der Waals surface area contributed by atoms with Crippen molar-refractivity contribution in [3.05, 3.63) is 29.6 Å². The normalized spacial score (nSPS) is 18.6. The van der Waals surface area contributed by atoms with E-state index in [1.807, 2.05) is 33.0 Å². The fraction of sp³-hybridized carbons (Fsp3) is 0.647. The lowest BCUT2D eigenvalue weighted by atomic mass is 10.1. The molecule has 1 heterocycles. The smallest absolute Gasteiger partial charge is 0.407 e. The number of aromatic nitrogens is 1. The summed E-state index contributed by atoms with van der Waals surface area (Å²) in [4.78, 5) is 16.3. The van der Waals surface area contributed by atoms with E-state index >= 15 is 0 Å². The molecule has 2 N–H and O–H groups in total. The molecular formula is C17H27N3O2. The summed E-state index contributed by atoms with van der Waals surface area (Å²) in [6.07, 6.45) is 4.47. The van der Waals surface area contributed by atoms with Gasteiger partial charge in [0.2, 0.25) is 0 Å². The summed E-state index contributed by atoms with van der Waals surface area (Å²) in [6, 6.07) is 4.47. The van der Waals surface area contributed by atoms with Gasteiger partial charge in [-0.1, -0.05) is 13.0 Å². The number of carbonyl (C=O) groups is 1. The summed E-state index contributed by atoms with van der Waals surface area (Å²) in [7, 11) is 0. The van der Waals surface area contributed by atoms with Gasteiger partial charge in [-0.25, -0.2) is 4.79 Å². The summed E-state index contributed by atoms with van der Waals surface area (Å²) in [5.74, 6) is 0. The van der Waals surface area contributed by atoms with Crippen molar-refractivity contribution in [1.29, 1.82) is 0 Å². The van der Waals surface area contributed by atoms with E-state index in [4.69, 9.17) is 4.74 Å². The van der Waals surface area contributed by atoms with E-state index in [0.717, 1.165) is 31.5 Å². The van der Waals surface area contributed by atoms with Crippen LogP contribution in [0.4, 0.5) is 4.79 Å². The first-order valence-electron chi connectivity index (χ1n) is 8.05. The number of nitrogens with zero attached hydrogens (tertiary/aromatic N) is 1. The van der Waals surface area contributed by atoms with Gasteiger partial charge in [0.1, 0.15) is 5.60 Å². The Bertz CT molecular complexity index is 511. The van der Waals surface area contributed by atoms with Crippen molar-refractivity contribution in [2.45, 2.75) is 64.6 Å². The molecule has 0 aromatic carbocycles.